The lowest BCUT2D eigenvalue weighted by molar-refractivity contribution is 0.0521. The van der Waals surface area contributed by atoms with Crippen LogP contribution in [0.25, 0.3) is 11.1 Å². The minimum atomic E-state index is -0.581. The van der Waals surface area contributed by atoms with Gasteiger partial charge in [0.1, 0.15) is 11.3 Å². The molecule has 0 atom stereocenters. The predicted octanol–water partition coefficient (Wildman–Crippen LogP) is 2.34. The second kappa shape index (κ2) is 5.67. The summed E-state index contributed by atoms with van der Waals surface area (Å²) >= 11 is 0. The highest BCUT2D eigenvalue weighted by Gasteiger charge is 2.29. The van der Waals surface area contributed by atoms with Crippen molar-refractivity contribution in [2.45, 2.75) is 26.3 Å². The van der Waals surface area contributed by atoms with Gasteiger partial charge in [-0.3, -0.25) is 4.79 Å². The Labute approximate surface area is 127 Å². The Balaban J connectivity index is 2.30. The maximum Gasteiger partial charge on any atom is 0.343 e. The number of aromatic nitrogens is 1. The van der Waals surface area contributed by atoms with Crippen molar-refractivity contribution >= 4 is 5.97 Å². The van der Waals surface area contributed by atoms with Gasteiger partial charge in [-0.15, -0.1) is 0 Å². The third-order valence-corrected chi connectivity index (χ3v) is 3.88. The molecule has 0 spiro atoms. The zero-order chi connectivity index (χ0) is 15.7. The highest BCUT2D eigenvalue weighted by molar-refractivity contribution is 5.96. The van der Waals surface area contributed by atoms with Gasteiger partial charge in [-0.1, -0.05) is 30.3 Å². The average Bonchev–Trinajstić information content (AvgIpc) is 2.98. The van der Waals surface area contributed by atoms with Crippen LogP contribution in [-0.4, -0.2) is 22.2 Å². The fourth-order valence-electron chi connectivity index (χ4n) is 2.94. The molecule has 5 heteroatoms. The standard InChI is InChI=1S/C17H17NO4/c1-2-22-17(21)14-12-9-6-10-18(12)16(20)13(15(14)19)11-7-4-3-5-8-11/h3-5,7-8,19H,2,6,9-10H2,1H3. The van der Waals surface area contributed by atoms with Crippen molar-refractivity contribution in [1.82, 2.24) is 4.57 Å². The third-order valence-electron chi connectivity index (χ3n) is 3.88. The van der Waals surface area contributed by atoms with Crippen molar-refractivity contribution in [3.05, 3.63) is 51.9 Å². The van der Waals surface area contributed by atoms with Crippen LogP contribution in [0.5, 0.6) is 5.75 Å². The van der Waals surface area contributed by atoms with Crippen molar-refractivity contribution in [3.63, 3.8) is 0 Å². The minimum absolute atomic E-state index is 0.123. The van der Waals surface area contributed by atoms with E-state index in [4.69, 9.17) is 4.74 Å². The zero-order valence-electron chi connectivity index (χ0n) is 12.3. The molecule has 1 aromatic carbocycles. The molecular weight excluding hydrogens is 282 g/mol. The quantitative estimate of drug-likeness (QED) is 0.883. The fraction of sp³-hybridized carbons (Fsp3) is 0.294. The van der Waals surface area contributed by atoms with Gasteiger partial charge in [0.2, 0.25) is 0 Å². The summed E-state index contributed by atoms with van der Waals surface area (Å²) in [6, 6.07) is 8.89. The smallest absolute Gasteiger partial charge is 0.343 e. The molecule has 114 valence electrons. The van der Waals surface area contributed by atoms with Gasteiger partial charge < -0.3 is 14.4 Å². The number of benzene rings is 1. The van der Waals surface area contributed by atoms with E-state index in [1.54, 1.807) is 35.8 Å². The molecule has 0 fully saturated rings. The van der Waals surface area contributed by atoms with Crippen LogP contribution in [0.1, 0.15) is 29.4 Å². The first-order valence-corrected chi connectivity index (χ1v) is 7.36. The normalized spacial score (nSPS) is 13.0. The van der Waals surface area contributed by atoms with Crippen molar-refractivity contribution in [3.8, 4) is 16.9 Å². The summed E-state index contributed by atoms with van der Waals surface area (Å²) in [5.74, 6) is -0.856. The average molecular weight is 299 g/mol. The molecule has 0 saturated heterocycles. The minimum Gasteiger partial charge on any atom is -0.506 e. The number of hydrogen-bond donors (Lipinski definition) is 1. The van der Waals surface area contributed by atoms with Crippen LogP contribution in [-0.2, 0) is 17.7 Å². The predicted molar refractivity (Wildman–Crippen MR) is 82.1 cm³/mol. The van der Waals surface area contributed by atoms with Crippen LogP contribution >= 0.6 is 0 Å². The molecule has 2 heterocycles. The molecule has 0 unspecified atom stereocenters. The molecule has 22 heavy (non-hydrogen) atoms. The van der Waals surface area contributed by atoms with Crippen LogP contribution in [0.2, 0.25) is 0 Å². The number of fused-ring (bicyclic) bond motifs is 1. The van der Waals surface area contributed by atoms with Gasteiger partial charge in [-0.05, 0) is 25.3 Å². The fourth-order valence-corrected chi connectivity index (χ4v) is 2.94. The van der Waals surface area contributed by atoms with E-state index < -0.39 is 5.97 Å². The molecule has 1 aliphatic heterocycles. The second-order valence-corrected chi connectivity index (χ2v) is 5.19. The number of hydrogen-bond acceptors (Lipinski definition) is 4. The number of carbonyl (C=O) groups is 1. The Kier molecular flexibility index (Phi) is 3.71. The van der Waals surface area contributed by atoms with Gasteiger partial charge in [-0.2, -0.15) is 0 Å². The number of esters is 1. The summed E-state index contributed by atoms with van der Waals surface area (Å²) in [4.78, 5) is 24.9. The van der Waals surface area contributed by atoms with Crippen LogP contribution < -0.4 is 5.56 Å². The molecular formula is C17H17NO4. The molecule has 0 bridgehead atoms. The van der Waals surface area contributed by atoms with Crippen molar-refractivity contribution in [1.29, 1.82) is 0 Å². The molecule has 3 rings (SSSR count). The van der Waals surface area contributed by atoms with E-state index in [2.05, 4.69) is 0 Å². The second-order valence-electron chi connectivity index (χ2n) is 5.19. The molecule has 0 amide bonds. The summed E-state index contributed by atoms with van der Waals surface area (Å²) in [5, 5.41) is 10.6. The van der Waals surface area contributed by atoms with E-state index in [0.717, 1.165) is 6.42 Å². The summed E-state index contributed by atoms with van der Waals surface area (Å²) in [6.07, 6.45) is 1.37. The van der Waals surface area contributed by atoms with Crippen molar-refractivity contribution in [2.24, 2.45) is 0 Å². The maximum absolute atomic E-state index is 12.7. The van der Waals surface area contributed by atoms with Crippen molar-refractivity contribution < 1.29 is 14.6 Å². The molecule has 5 nitrogen and oxygen atoms in total. The van der Waals surface area contributed by atoms with Crippen molar-refractivity contribution in [2.75, 3.05) is 6.61 Å². The van der Waals surface area contributed by atoms with Gasteiger partial charge >= 0.3 is 5.97 Å². The van der Waals surface area contributed by atoms with Gasteiger partial charge in [0.25, 0.3) is 5.56 Å². The first-order valence-electron chi connectivity index (χ1n) is 7.36. The van der Waals surface area contributed by atoms with Crippen LogP contribution in [0.3, 0.4) is 0 Å². The molecule has 1 aliphatic rings. The topological polar surface area (TPSA) is 68.5 Å². The van der Waals surface area contributed by atoms with Crippen LogP contribution in [0.15, 0.2) is 35.1 Å². The highest BCUT2D eigenvalue weighted by Crippen LogP contribution is 2.34. The number of carbonyl (C=O) groups excluding carboxylic acids is 1. The Morgan fingerprint density at radius 3 is 2.73 bits per heavy atom. The summed E-state index contributed by atoms with van der Waals surface area (Å²) in [6.45, 7) is 2.49. The molecule has 1 aromatic heterocycles. The lowest BCUT2D eigenvalue weighted by Crippen LogP contribution is -2.25. The van der Waals surface area contributed by atoms with Gasteiger partial charge in [0.05, 0.1) is 12.2 Å². The Hall–Kier alpha value is -2.56. The zero-order valence-corrected chi connectivity index (χ0v) is 12.3. The Morgan fingerprint density at radius 2 is 2.05 bits per heavy atom. The number of aromatic hydroxyl groups is 1. The van der Waals surface area contributed by atoms with E-state index in [9.17, 15) is 14.7 Å². The molecule has 0 radical (unpaired) electrons. The summed E-state index contributed by atoms with van der Waals surface area (Å²) in [5.41, 5.74) is 1.19. The van der Waals surface area contributed by atoms with E-state index in [1.165, 1.54) is 0 Å². The summed E-state index contributed by atoms with van der Waals surface area (Å²) in [7, 11) is 0. The SMILES string of the molecule is CCOC(=O)c1c(O)c(-c2ccccc2)c(=O)n2c1CCC2. The molecule has 1 N–H and O–H groups in total. The maximum atomic E-state index is 12.7. The van der Waals surface area contributed by atoms with E-state index in [1.807, 2.05) is 6.07 Å². The molecule has 0 saturated carbocycles. The first kappa shape index (κ1) is 14.4. The first-order chi connectivity index (χ1) is 10.6. The highest BCUT2D eigenvalue weighted by atomic mass is 16.5. The molecule has 2 aromatic rings. The number of ether oxygens (including phenoxy) is 1. The third kappa shape index (κ3) is 2.19. The van der Waals surface area contributed by atoms with Crippen LogP contribution in [0.4, 0.5) is 0 Å². The van der Waals surface area contributed by atoms with Gasteiger partial charge in [0.15, 0.2) is 0 Å². The molecule has 0 aliphatic carbocycles. The Bertz CT molecular complexity index is 777. The monoisotopic (exact) mass is 299 g/mol. The number of pyridine rings is 1. The largest absolute Gasteiger partial charge is 0.506 e. The lowest BCUT2D eigenvalue weighted by atomic mass is 10.0. The summed E-state index contributed by atoms with van der Waals surface area (Å²) < 4.78 is 6.63. The van der Waals surface area contributed by atoms with E-state index in [0.29, 0.717) is 24.2 Å². The number of rotatable bonds is 3. The Morgan fingerprint density at radius 1 is 1.32 bits per heavy atom. The van der Waals surface area contributed by atoms with E-state index >= 15 is 0 Å². The van der Waals surface area contributed by atoms with Crippen LogP contribution in [0, 0.1) is 0 Å². The van der Waals surface area contributed by atoms with Gasteiger partial charge in [0, 0.05) is 12.2 Å². The van der Waals surface area contributed by atoms with E-state index in [-0.39, 0.29) is 29.0 Å². The number of nitrogens with zero attached hydrogens (tertiary/aromatic N) is 1. The van der Waals surface area contributed by atoms with Gasteiger partial charge in [-0.25, -0.2) is 4.79 Å². The lowest BCUT2D eigenvalue weighted by Gasteiger charge is -2.15.